The van der Waals surface area contributed by atoms with Gasteiger partial charge in [-0.3, -0.25) is 9.59 Å². The molecular weight excluding hydrogens is 338 g/mol. The highest BCUT2D eigenvalue weighted by Crippen LogP contribution is 2.18. The molecule has 0 spiro atoms. The Kier molecular flexibility index (Phi) is 5.02. The first-order chi connectivity index (χ1) is 11.0. The predicted octanol–water partition coefficient (Wildman–Crippen LogP) is -0.317. The minimum atomic E-state index is -3.87. The molecule has 0 radical (unpaired) electrons. The van der Waals surface area contributed by atoms with Gasteiger partial charge in [0.05, 0.1) is 13.2 Å². The van der Waals surface area contributed by atoms with E-state index in [0.717, 1.165) is 0 Å². The highest BCUT2D eigenvalue weighted by molar-refractivity contribution is 7.89. The Morgan fingerprint density at radius 2 is 2.00 bits per heavy atom. The second-order valence-corrected chi connectivity index (χ2v) is 8.10. The summed E-state index contributed by atoms with van der Waals surface area (Å²) >= 11 is 0. The topological polar surface area (TPSA) is 132 Å². The molecule has 9 nitrogen and oxygen atoms in total. The fourth-order valence-electron chi connectivity index (χ4n) is 2.19. The van der Waals surface area contributed by atoms with Crippen LogP contribution in [-0.2, 0) is 19.6 Å². The number of nitrogens with two attached hydrogens (primary N) is 1. The molecule has 1 aliphatic rings. The molecule has 2 heterocycles. The van der Waals surface area contributed by atoms with Crippen LogP contribution in [0.2, 0.25) is 0 Å². The molecule has 0 aliphatic carbocycles. The number of morpholine rings is 1. The van der Waals surface area contributed by atoms with Crippen molar-refractivity contribution in [2.75, 3.05) is 19.7 Å². The predicted molar refractivity (Wildman–Crippen MR) is 83.6 cm³/mol. The van der Waals surface area contributed by atoms with Gasteiger partial charge in [-0.2, -0.15) is 0 Å². The van der Waals surface area contributed by atoms with Crippen LogP contribution in [0.25, 0.3) is 0 Å². The normalized spacial score (nSPS) is 19.3. The summed E-state index contributed by atoms with van der Waals surface area (Å²) in [5, 5.41) is -0.347. The summed E-state index contributed by atoms with van der Waals surface area (Å²) in [6.07, 6.45) is -0.886. The molecule has 2 amide bonds. The van der Waals surface area contributed by atoms with Gasteiger partial charge in [0.1, 0.15) is 0 Å². The van der Waals surface area contributed by atoms with E-state index >= 15 is 0 Å². The van der Waals surface area contributed by atoms with Crippen molar-refractivity contribution in [1.82, 2.24) is 9.62 Å². The van der Waals surface area contributed by atoms with E-state index in [1.54, 1.807) is 20.8 Å². The van der Waals surface area contributed by atoms with Gasteiger partial charge in [-0.25, -0.2) is 13.1 Å². The minimum absolute atomic E-state index is 0.00279. The third kappa shape index (κ3) is 4.34. The molecule has 0 bridgehead atoms. The first kappa shape index (κ1) is 18.4. The number of primary amides is 1. The molecule has 1 atom stereocenters. The first-order valence-electron chi connectivity index (χ1n) is 7.33. The molecule has 0 saturated carbocycles. The molecule has 2 rings (SSSR count). The maximum Gasteiger partial charge on any atom is 0.289 e. The van der Waals surface area contributed by atoms with Crippen molar-refractivity contribution < 1.29 is 27.2 Å². The van der Waals surface area contributed by atoms with E-state index in [1.807, 2.05) is 0 Å². The van der Waals surface area contributed by atoms with Crippen molar-refractivity contribution in [2.45, 2.75) is 37.5 Å². The van der Waals surface area contributed by atoms with Crippen molar-refractivity contribution in [3.8, 4) is 0 Å². The van der Waals surface area contributed by atoms with Crippen LogP contribution in [-0.4, -0.2) is 56.5 Å². The summed E-state index contributed by atoms with van der Waals surface area (Å²) in [6, 6.07) is 2.50. The number of nitrogens with zero attached hydrogens (tertiary/aromatic N) is 1. The zero-order chi connectivity index (χ0) is 18.1. The summed E-state index contributed by atoms with van der Waals surface area (Å²) in [5.41, 5.74) is 4.49. The highest BCUT2D eigenvalue weighted by Gasteiger charge is 2.31. The molecule has 1 aromatic rings. The molecule has 24 heavy (non-hydrogen) atoms. The summed E-state index contributed by atoms with van der Waals surface area (Å²) < 4.78 is 37.2. The number of furan rings is 1. The van der Waals surface area contributed by atoms with E-state index in [4.69, 9.17) is 14.9 Å². The smallest absolute Gasteiger partial charge is 0.289 e. The van der Waals surface area contributed by atoms with E-state index in [2.05, 4.69) is 4.72 Å². The molecule has 10 heteroatoms. The standard InChI is InChI=1S/C14H21N3O6S/c1-14(2,3)16-24(20,21)11-5-4-9(23-11)13(19)17-6-7-22-10(8-17)12(15)18/h4-5,10,16H,6-8H2,1-3H3,(H2,15,18)/t10-/m1/s1. The molecule has 3 N–H and O–H groups in total. The van der Waals surface area contributed by atoms with Crippen molar-refractivity contribution in [3.63, 3.8) is 0 Å². The number of sulfonamides is 1. The van der Waals surface area contributed by atoms with Gasteiger partial charge in [-0.1, -0.05) is 0 Å². The van der Waals surface area contributed by atoms with Crippen LogP contribution in [0.1, 0.15) is 31.3 Å². The monoisotopic (exact) mass is 359 g/mol. The fourth-order valence-corrected chi connectivity index (χ4v) is 3.55. The molecule has 1 saturated heterocycles. The zero-order valence-corrected chi connectivity index (χ0v) is 14.6. The lowest BCUT2D eigenvalue weighted by molar-refractivity contribution is -0.133. The number of hydrogen-bond donors (Lipinski definition) is 2. The number of ether oxygens (including phenoxy) is 1. The second-order valence-electron chi connectivity index (χ2n) is 6.49. The van der Waals surface area contributed by atoms with E-state index in [1.165, 1.54) is 17.0 Å². The Morgan fingerprint density at radius 3 is 2.58 bits per heavy atom. The lowest BCUT2D eigenvalue weighted by Crippen LogP contribution is -2.50. The van der Waals surface area contributed by atoms with Gasteiger partial charge in [-0.05, 0) is 32.9 Å². The molecule has 1 fully saturated rings. The van der Waals surface area contributed by atoms with E-state index in [0.29, 0.717) is 0 Å². The van der Waals surface area contributed by atoms with Crippen LogP contribution < -0.4 is 10.5 Å². The van der Waals surface area contributed by atoms with Crippen LogP contribution in [0, 0.1) is 0 Å². The highest BCUT2D eigenvalue weighted by atomic mass is 32.2. The summed E-state index contributed by atoms with van der Waals surface area (Å²) in [6.45, 7) is 5.49. The molecular formula is C14H21N3O6S. The van der Waals surface area contributed by atoms with Gasteiger partial charge in [0.25, 0.3) is 15.9 Å². The summed E-state index contributed by atoms with van der Waals surface area (Å²) in [4.78, 5) is 24.9. The Morgan fingerprint density at radius 1 is 1.33 bits per heavy atom. The lowest BCUT2D eigenvalue weighted by atomic mass is 10.1. The molecule has 134 valence electrons. The molecule has 0 aromatic carbocycles. The maximum absolute atomic E-state index is 12.4. The summed E-state index contributed by atoms with van der Waals surface area (Å²) in [7, 11) is -3.87. The third-order valence-corrected chi connectivity index (χ3v) is 4.80. The minimum Gasteiger partial charge on any atom is -0.438 e. The van der Waals surface area contributed by atoms with E-state index in [-0.39, 0.29) is 30.5 Å². The number of carbonyl (C=O) groups is 2. The van der Waals surface area contributed by atoms with Crippen LogP contribution in [0.15, 0.2) is 21.6 Å². The van der Waals surface area contributed by atoms with Crippen LogP contribution in [0.3, 0.4) is 0 Å². The quantitative estimate of drug-likeness (QED) is 0.757. The second kappa shape index (κ2) is 6.54. The average Bonchev–Trinajstić information content (AvgIpc) is 2.94. The van der Waals surface area contributed by atoms with Gasteiger partial charge >= 0.3 is 0 Å². The molecule has 1 aliphatic heterocycles. The summed E-state index contributed by atoms with van der Waals surface area (Å²) in [5.74, 6) is -1.32. The Bertz CT molecular complexity index is 734. The third-order valence-electron chi connectivity index (χ3n) is 3.17. The van der Waals surface area contributed by atoms with Gasteiger partial charge in [0, 0.05) is 12.1 Å². The van der Waals surface area contributed by atoms with Gasteiger partial charge in [-0.15, -0.1) is 0 Å². The molecule has 0 unspecified atom stereocenters. The van der Waals surface area contributed by atoms with Crippen molar-refractivity contribution in [1.29, 1.82) is 0 Å². The zero-order valence-electron chi connectivity index (χ0n) is 13.7. The van der Waals surface area contributed by atoms with Crippen LogP contribution in [0.5, 0.6) is 0 Å². The van der Waals surface area contributed by atoms with Gasteiger partial charge in [0.15, 0.2) is 11.9 Å². The SMILES string of the molecule is CC(C)(C)NS(=O)(=O)c1ccc(C(=O)N2CCO[C@@H](C(N)=O)C2)o1. The Balaban J connectivity index is 2.15. The van der Waals surface area contributed by atoms with Gasteiger partial charge < -0.3 is 19.8 Å². The molecule has 1 aromatic heterocycles. The van der Waals surface area contributed by atoms with Crippen LogP contribution in [0.4, 0.5) is 0 Å². The van der Waals surface area contributed by atoms with E-state index in [9.17, 15) is 18.0 Å². The number of nitrogens with one attached hydrogen (secondary N) is 1. The van der Waals surface area contributed by atoms with Crippen molar-refractivity contribution in [2.24, 2.45) is 5.73 Å². The number of carbonyl (C=O) groups excluding carboxylic acids is 2. The Labute approximate surface area is 140 Å². The maximum atomic E-state index is 12.4. The largest absolute Gasteiger partial charge is 0.438 e. The number of rotatable bonds is 4. The van der Waals surface area contributed by atoms with Crippen molar-refractivity contribution in [3.05, 3.63) is 17.9 Å². The van der Waals surface area contributed by atoms with Crippen molar-refractivity contribution >= 4 is 21.8 Å². The van der Waals surface area contributed by atoms with Crippen LogP contribution >= 0.6 is 0 Å². The number of amides is 2. The lowest BCUT2D eigenvalue weighted by Gasteiger charge is -2.30. The van der Waals surface area contributed by atoms with Gasteiger partial charge in [0.2, 0.25) is 11.0 Å². The first-order valence-corrected chi connectivity index (χ1v) is 8.82. The Hall–Kier alpha value is -1.91. The fraction of sp³-hybridized carbons (Fsp3) is 0.571. The number of hydrogen-bond acceptors (Lipinski definition) is 6. The van der Waals surface area contributed by atoms with E-state index < -0.39 is 33.5 Å². The average molecular weight is 359 g/mol.